The summed E-state index contributed by atoms with van der Waals surface area (Å²) in [6.45, 7) is 6.45. The van der Waals surface area contributed by atoms with Crippen molar-refractivity contribution >= 4 is 10.9 Å². The van der Waals surface area contributed by atoms with Gasteiger partial charge in [-0.2, -0.15) is 0 Å². The van der Waals surface area contributed by atoms with Crippen molar-refractivity contribution in [1.29, 1.82) is 0 Å². The number of fused-ring (bicyclic) bond motifs is 1. The molecule has 2 heteroatoms. The highest BCUT2D eigenvalue weighted by atomic mass is 16.5. The number of pyridine rings is 1. The summed E-state index contributed by atoms with van der Waals surface area (Å²) in [5.74, 6) is 0.843. The van der Waals surface area contributed by atoms with Crippen molar-refractivity contribution in [3.05, 3.63) is 59.2 Å². The van der Waals surface area contributed by atoms with Crippen LogP contribution in [0.5, 0.6) is 5.75 Å². The van der Waals surface area contributed by atoms with Crippen LogP contribution in [-0.4, -0.2) is 12.1 Å². The van der Waals surface area contributed by atoms with Gasteiger partial charge >= 0.3 is 0 Å². The van der Waals surface area contributed by atoms with Crippen LogP contribution >= 0.6 is 0 Å². The molecular weight excluding hydrogens is 270 g/mol. The molecule has 112 valence electrons. The van der Waals surface area contributed by atoms with Gasteiger partial charge in [-0.05, 0) is 49.6 Å². The molecule has 0 atom stereocenters. The number of rotatable bonds is 3. The van der Waals surface area contributed by atoms with Crippen molar-refractivity contribution in [3.8, 4) is 17.0 Å². The lowest BCUT2D eigenvalue weighted by atomic mass is 9.97. The second kappa shape index (κ2) is 5.80. The second-order valence-corrected chi connectivity index (χ2v) is 5.73. The summed E-state index contributed by atoms with van der Waals surface area (Å²) in [7, 11) is 1.69. The number of aryl methyl sites for hydroxylation is 3. The predicted octanol–water partition coefficient (Wildman–Crippen LogP) is 5.09. The Kier molecular flexibility index (Phi) is 3.84. The number of methoxy groups -OCH3 is 1. The lowest BCUT2D eigenvalue weighted by Gasteiger charge is -2.13. The molecule has 0 amide bonds. The third-order valence-electron chi connectivity index (χ3n) is 4.12. The first-order valence-corrected chi connectivity index (χ1v) is 7.67. The molecule has 1 aromatic heterocycles. The van der Waals surface area contributed by atoms with E-state index in [-0.39, 0.29) is 0 Å². The quantitative estimate of drug-likeness (QED) is 0.670. The third kappa shape index (κ3) is 2.57. The number of hydrogen-bond donors (Lipinski definition) is 0. The number of aromatic nitrogens is 1. The highest BCUT2D eigenvalue weighted by Crippen LogP contribution is 2.30. The monoisotopic (exact) mass is 291 g/mol. The predicted molar refractivity (Wildman–Crippen MR) is 92.6 cm³/mol. The van der Waals surface area contributed by atoms with Gasteiger partial charge in [0, 0.05) is 17.0 Å². The van der Waals surface area contributed by atoms with E-state index >= 15 is 0 Å². The molecule has 3 rings (SSSR count). The van der Waals surface area contributed by atoms with Crippen LogP contribution in [0.2, 0.25) is 0 Å². The van der Waals surface area contributed by atoms with Crippen LogP contribution in [0.4, 0.5) is 0 Å². The SMILES string of the molecule is CCc1cc2ccc(OC)cc2nc1-c1ccc(C)cc1C. The van der Waals surface area contributed by atoms with Gasteiger partial charge in [-0.3, -0.25) is 0 Å². The van der Waals surface area contributed by atoms with E-state index in [9.17, 15) is 0 Å². The lowest BCUT2D eigenvalue weighted by molar-refractivity contribution is 0.415. The van der Waals surface area contributed by atoms with E-state index in [0.29, 0.717) is 0 Å². The molecule has 3 aromatic rings. The molecule has 0 unspecified atom stereocenters. The Bertz CT molecular complexity index is 836. The average Bonchev–Trinajstić information content (AvgIpc) is 2.53. The van der Waals surface area contributed by atoms with E-state index in [1.165, 1.54) is 22.3 Å². The smallest absolute Gasteiger partial charge is 0.121 e. The minimum absolute atomic E-state index is 0.843. The summed E-state index contributed by atoms with van der Waals surface area (Å²) in [4.78, 5) is 4.94. The Morgan fingerprint density at radius 2 is 1.82 bits per heavy atom. The van der Waals surface area contributed by atoms with Crippen molar-refractivity contribution in [1.82, 2.24) is 4.98 Å². The van der Waals surface area contributed by atoms with Gasteiger partial charge in [0.05, 0.1) is 18.3 Å². The van der Waals surface area contributed by atoms with Crippen molar-refractivity contribution in [2.75, 3.05) is 7.11 Å². The molecule has 0 saturated heterocycles. The molecule has 0 N–H and O–H groups in total. The van der Waals surface area contributed by atoms with E-state index in [4.69, 9.17) is 9.72 Å². The van der Waals surface area contributed by atoms with Crippen LogP contribution in [0.15, 0.2) is 42.5 Å². The van der Waals surface area contributed by atoms with Gasteiger partial charge < -0.3 is 4.74 Å². The summed E-state index contributed by atoms with van der Waals surface area (Å²) in [6, 6.07) is 14.9. The molecule has 0 bridgehead atoms. The molecule has 0 fully saturated rings. The molecule has 0 saturated carbocycles. The largest absolute Gasteiger partial charge is 0.497 e. The lowest BCUT2D eigenvalue weighted by Crippen LogP contribution is -1.96. The Balaban J connectivity index is 2.26. The number of hydrogen-bond acceptors (Lipinski definition) is 2. The summed E-state index contributed by atoms with van der Waals surface area (Å²) in [6.07, 6.45) is 0.970. The fourth-order valence-electron chi connectivity index (χ4n) is 2.90. The summed E-state index contributed by atoms with van der Waals surface area (Å²) >= 11 is 0. The number of benzene rings is 2. The molecule has 0 spiro atoms. The van der Waals surface area contributed by atoms with Gasteiger partial charge in [0.1, 0.15) is 5.75 Å². The Labute approximate surface area is 131 Å². The highest BCUT2D eigenvalue weighted by Gasteiger charge is 2.11. The molecular formula is C20H21NO. The number of nitrogens with zero attached hydrogens (tertiary/aromatic N) is 1. The molecule has 2 aromatic carbocycles. The first-order chi connectivity index (χ1) is 10.6. The van der Waals surface area contributed by atoms with Gasteiger partial charge in [-0.15, -0.1) is 0 Å². The normalized spacial score (nSPS) is 10.9. The average molecular weight is 291 g/mol. The molecule has 0 aliphatic carbocycles. The van der Waals surface area contributed by atoms with Crippen LogP contribution in [0, 0.1) is 13.8 Å². The zero-order valence-electron chi connectivity index (χ0n) is 13.6. The molecule has 2 nitrogen and oxygen atoms in total. The minimum Gasteiger partial charge on any atom is -0.497 e. The first-order valence-electron chi connectivity index (χ1n) is 7.67. The van der Waals surface area contributed by atoms with Crippen molar-refractivity contribution in [2.45, 2.75) is 27.2 Å². The van der Waals surface area contributed by atoms with E-state index < -0.39 is 0 Å². The van der Waals surface area contributed by atoms with E-state index in [2.05, 4.69) is 51.1 Å². The first kappa shape index (κ1) is 14.6. The van der Waals surface area contributed by atoms with Crippen molar-refractivity contribution in [3.63, 3.8) is 0 Å². The summed E-state index contributed by atoms with van der Waals surface area (Å²) in [5.41, 5.74) is 7.11. The summed E-state index contributed by atoms with van der Waals surface area (Å²) < 4.78 is 5.32. The molecule has 0 radical (unpaired) electrons. The van der Waals surface area contributed by atoms with Gasteiger partial charge in [0.2, 0.25) is 0 Å². The third-order valence-corrected chi connectivity index (χ3v) is 4.12. The Hall–Kier alpha value is -2.35. The zero-order chi connectivity index (χ0) is 15.7. The molecule has 22 heavy (non-hydrogen) atoms. The van der Waals surface area contributed by atoms with E-state index in [1.54, 1.807) is 7.11 Å². The van der Waals surface area contributed by atoms with Crippen molar-refractivity contribution in [2.24, 2.45) is 0 Å². The van der Waals surface area contributed by atoms with Crippen LogP contribution in [0.1, 0.15) is 23.6 Å². The maximum absolute atomic E-state index is 5.32. The summed E-state index contributed by atoms with van der Waals surface area (Å²) in [5, 5.41) is 1.16. The van der Waals surface area contributed by atoms with Gasteiger partial charge in [0.15, 0.2) is 0 Å². The highest BCUT2D eigenvalue weighted by molar-refractivity contribution is 5.85. The van der Waals surface area contributed by atoms with Crippen LogP contribution in [-0.2, 0) is 6.42 Å². The maximum Gasteiger partial charge on any atom is 0.121 e. The Morgan fingerprint density at radius 3 is 2.50 bits per heavy atom. The van der Waals surface area contributed by atoms with Crippen molar-refractivity contribution < 1.29 is 4.74 Å². The Morgan fingerprint density at radius 1 is 1.00 bits per heavy atom. The fourth-order valence-corrected chi connectivity index (χ4v) is 2.90. The molecule has 0 aliphatic heterocycles. The number of ether oxygens (including phenoxy) is 1. The van der Waals surface area contributed by atoms with Gasteiger partial charge in [0.25, 0.3) is 0 Å². The van der Waals surface area contributed by atoms with Crippen LogP contribution < -0.4 is 4.74 Å². The zero-order valence-corrected chi connectivity index (χ0v) is 13.6. The molecule has 1 heterocycles. The molecule has 0 aliphatic rings. The van der Waals surface area contributed by atoms with Crippen LogP contribution in [0.3, 0.4) is 0 Å². The fraction of sp³-hybridized carbons (Fsp3) is 0.250. The van der Waals surface area contributed by atoms with Crippen LogP contribution in [0.25, 0.3) is 22.2 Å². The van der Waals surface area contributed by atoms with E-state index in [1.807, 2.05) is 12.1 Å². The second-order valence-electron chi connectivity index (χ2n) is 5.73. The van der Waals surface area contributed by atoms with Gasteiger partial charge in [-0.1, -0.05) is 30.7 Å². The topological polar surface area (TPSA) is 22.1 Å². The van der Waals surface area contributed by atoms with E-state index in [0.717, 1.165) is 28.8 Å². The minimum atomic E-state index is 0.843. The van der Waals surface area contributed by atoms with Gasteiger partial charge in [-0.25, -0.2) is 4.98 Å². The maximum atomic E-state index is 5.32. The standard InChI is InChI=1S/C20H21NO/c1-5-15-11-16-7-8-17(22-4)12-19(16)21-20(15)18-9-6-13(2)10-14(18)3/h6-12H,5H2,1-4H3.